The highest BCUT2D eigenvalue weighted by atomic mass is 32.2. The average molecular weight is 391 g/mol. The molecule has 0 aliphatic carbocycles. The summed E-state index contributed by atoms with van der Waals surface area (Å²) in [5.41, 5.74) is 1.25. The normalized spacial score (nSPS) is 12.7. The van der Waals surface area contributed by atoms with E-state index < -0.39 is 0 Å². The number of thioether (sulfide) groups is 1. The second kappa shape index (κ2) is 10.8. The van der Waals surface area contributed by atoms with Gasteiger partial charge in [-0.3, -0.25) is 0 Å². The molecule has 1 aromatic heterocycles. The van der Waals surface area contributed by atoms with Gasteiger partial charge in [-0.2, -0.15) is 11.8 Å². The van der Waals surface area contributed by atoms with Crippen LogP contribution in [0.4, 0.5) is 0 Å². The molecule has 2 rings (SSSR count). The van der Waals surface area contributed by atoms with Crippen LogP contribution in [-0.4, -0.2) is 52.4 Å². The van der Waals surface area contributed by atoms with Crippen molar-refractivity contribution in [2.45, 2.75) is 32.1 Å². The lowest BCUT2D eigenvalue weighted by atomic mass is 10.1. The summed E-state index contributed by atoms with van der Waals surface area (Å²) in [6.07, 6.45) is 3.02. The summed E-state index contributed by atoms with van der Waals surface area (Å²) >= 11 is 1.83. The first-order valence-corrected chi connectivity index (χ1v) is 10.3. The Bertz CT molecular complexity index is 728. The van der Waals surface area contributed by atoms with Crippen molar-refractivity contribution < 1.29 is 4.74 Å². The fourth-order valence-electron chi connectivity index (χ4n) is 2.35. The number of guanidine groups is 1. The molecular weight excluding hydrogens is 360 g/mol. The van der Waals surface area contributed by atoms with Gasteiger partial charge in [0.05, 0.1) is 7.11 Å². The topological polar surface area (TPSA) is 76.4 Å². The molecule has 0 bridgehead atoms. The molecule has 27 heavy (non-hydrogen) atoms. The lowest BCUT2D eigenvalue weighted by molar-refractivity contribution is 0.414. The molecule has 2 N–H and O–H groups in total. The van der Waals surface area contributed by atoms with Gasteiger partial charge >= 0.3 is 0 Å². The zero-order chi connectivity index (χ0) is 19.6. The average Bonchev–Trinajstić information content (AvgIpc) is 3.01. The van der Waals surface area contributed by atoms with Crippen molar-refractivity contribution in [1.82, 2.24) is 25.4 Å². The Hall–Kier alpha value is -2.22. The van der Waals surface area contributed by atoms with E-state index in [1.54, 1.807) is 7.11 Å². The highest BCUT2D eigenvalue weighted by molar-refractivity contribution is 7.99. The largest absolute Gasteiger partial charge is 0.497 e. The van der Waals surface area contributed by atoms with Gasteiger partial charge < -0.3 is 19.9 Å². The molecule has 2 aromatic rings. The number of aromatic nitrogens is 3. The minimum Gasteiger partial charge on any atom is -0.497 e. The van der Waals surface area contributed by atoms with Crippen molar-refractivity contribution in [2.75, 3.05) is 26.5 Å². The van der Waals surface area contributed by atoms with E-state index in [2.05, 4.69) is 51.1 Å². The van der Waals surface area contributed by atoms with Crippen LogP contribution in [0.3, 0.4) is 0 Å². The van der Waals surface area contributed by atoms with Crippen LogP contribution in [0.1, 0.15) is 24.1 Å². The fraction of sp³-hybridized carbons (Fsp3) is 0.526. The molecule has 0 spiro atoms. The molecule has 0 saturated carbocycles. The Balaban J connectivity index is 1.93. The number of hydrogen-bond acceptors (Lipinski definition) is 5. The van der Waals surface area contributed by atoms with Crippen LogP contribution in [0.15, 0.2) is 29.3 Å². The Morgan fingerprint density at radius 1 is 1.26 bits per heavy atom. The maximum atomic E-state index is 5.20. The fourth-order valence-corrected chi connectivity index (χ4v) is 2.60. The molecule has 0 saturated heterocycles. The third-order valence-electron chi connectivity index (χ3n) is 4.39. The first kappa shape index (κ1) is 21.1. The molecule has 1 heterocycles. The van der Waals surface area contributed by atoms with E-state index in [1.807, 2.05) is 42.4 Å². The van der Waals surface area contributed by atoms with Gasteiger partial charge in [-0.05, 0) is 37.3 Å². The van der Waals surface area contributed by atoms with Gasteiger partial charge in [0, 0.05) is 25.4 Å². The summed E-state index contributed by atoms with van der Waals surface area (Å²) < 4.78 is 7.16. The summed E-state index contributed by atoms with van der Waals surface area (Å²) in [5.74, 6) is 3.41. The molecule has 0 fully saturated rings. The SMILES string of the molecule is COc1ccc(CCNC(=NCc2nnc(C)n2C)NCC(C)SC)cc1. The maximum Gasteiger partial charge on any atom is 0.191 e. The van der Waals surface area contributed by atoms with Gasteiger partial charge in [0.25, 0.3) is 0 Å². The zero-order valence-corrected chi connectivity index (χ0v) is 17.6. The van der Waals surface area contributed by atoms with Crippen LogP contribution in [-0.2, 0) is 20.0 Å². The number of methoxy groups -OCH3 is 1. The molecule has 1 atom stereocenters. The first-order valence-electron chi connectivity index (χ1n) is 9.06. The van der Waals surface area contributed by atoms with Crippen LogP contribution in [0.5, 0.6) is 5.75 Å². The van der Waals surface area contributed by atoms with Crippen LogP contribution in [0.25, 0.3) is 0 Å². The number of aliphatic imine (C=N–C) groups is 1. The van der Waals surface area contributed by atoms with Crippen molar-refractivity contribution in [3.05, 3.63) is 41.5 Å². The molecule has 148 valence electrons. The predicted octanol–water partition coefficient (Wildman–Crippen LogP) is 2.16. The standard InChI is InChI=1S/C19H30N6OS/c1-14(27-5)12-21-19(22-13-18-24-23-15(2)25(18)3)20-11-10-16-6-8-17(26-4)9-7-16/h6-9,14H,10-13H2,1-5H3,(H2,20,21,22). The maximum absolute atomic E-state index is 5.20. The predicted molar refractivity (Wildman–Crippen MR) is 113 cm³/mol. The summed E-state index contributed by atoms with van der Waals surface area (Å²) in [5, 5.41) is 15.6. The van der Waals surface area contributed by atoms with E-state index in [0.29, 0.717) is 11.8 Å². The summed E-state index contributed by atoms with van der Waals surface area (Å²) in [6.45, 7) is 6.27. The smallest absolute Gasteiger partial charge is 0.191 e. The minimum atomic E-state index is 0.489. The van der Waals surface area contributed by atoms with E-state index in [0.717, 1.165) is 42.9 Å². The number of nitrogens with zero attached hydrogens (tertiary/aromatic N) is 4. The van der Waals surface area contributed by atoms with Gasteiger partial charge in [0.1, 0.15) is 18.1 Å². The number of benzene rings is 1. The minimum absolute atomic E-state index is 0.489. The molecular formula is C19H30N6OS. The van der Waals surface area contributed by atoms with E-state index in [4.69, 9.17) is 4.74 Å². The molecule has 1 aromatic carbocycles. The first-order chi connectivity index (χ1) is 13.0. The highest BCUT2D eigenvalue weighted by Crippen LogP contribution is 2.11. The lowest BCUT2D eigenvalue weighted by Crippen LogP contribution is -2.41. The molecule has 7 nitrogen and oxygen atoms in total. The van der Waals surface area contributed by atoms with Crippen molar-refractivity contribution in [1.29, 1.82) is 0 Å². The van der Waals surface area contributed by atoms with E-state index >= 15 is 0 Å². The summed E-state index contributed by atoms with van der Waals surface area (Å²) in [7, 11) is 3.64. The van der Waals surface area contributed by atoms with Gasteiger partial charge in [-0.1, -0.05) is 19.1 Å². The molecule has 8 heteroatoms. The Morgan fingerprint density at radius 3 is 2.59 bits per heavy atom. The monoisotopic (exact) mass is 390 g/mol. The Morgan fingerprint density at radius 2 is 2.00 bits per heavy atom. The van der Waals surface area contributed by atoms with Crippen molar-refractivity contribution in [3.8, 4) is 5.75 Å². The van der Waals surface area contributed by atoms with E-state index in [-0.39, 0.29) is 0 Å². The summed E-state index contributed by atoms with van der Waals surface area (Å²) in [4.78, 5) is 4.67. The highest BCUT2D eigenvalue weighted by Gasteiger charge is 2.06. The lowest BCUT2D eigenvalue weighted by Gasteiger charge is -2.15. The van der Waals surface area contributed by atoms with Gasteiger partial charge in [0.15, 0.2) is 11.8 Å². The number of nitrogens with one attached hydrogen (secondary N) is 2. The van der Waals surface area contributed by atoms with Crippen LogP contribution in [0.2, 0.25) is 0 Å². The van der Waals surface area contributed by atoms with E-state index in [9.17, 15) is 0 Å². The second-order valence-corrected chi connectivity index (χ2v) is 7.62. The number of hydrogen-bond donors (Lipinski definition) is 2. The van der Waals surface area contributed by atoms with Gasteiger partial charge in [-0.25, -0.2) is 4.99 Å². The van der Waals surface area contributed by atoms with Crippen molar-refractivity contribution in [3.63, 3.8) is 0 Å². The van der Waals surface area contributed by atoms with Crippen molar-refractivity contribution in [2.24, 2.45) is 12.0 Å². The molecule has 0 aliphatic heterocycles. The third kappa shape index (κ3) is 6.78. The third-order valence-corrected chi connectivity index (χ3v) is 5.36. The number of rotatable bonds is 9. The number of aryl methyl sites for hydroxylation is 1. The number of ether oxygens (including phenoxy) is 1. The zero-order valence-electron chi connectivity index (χ0n) is 16.8. The van der Waals surface area contributed by atoms with E-state index in [1.165, 1.54) is 5.56 Å². The molecule has 1 unspecified atom stereocenters. The van der Waals surface area contributed by atoms with Crippen LogP contribution in [0, 0.1) is 6.92 Å². The second-order valence-electron chi connectivity index (χ2n) is 6.34. The molecule has 0 radical (unpaired) electrons. The quantitative estimate of drug-likeness (QED) is 0.505. The van der Waals surface area contributed by atoms with Gasteiger partial charge in [0.2, 0.25) is 0 Å². The molecule has 0 amide bonds. The summed E-state index contributed by atoms with van der Waals surface area (Å²) in [6, 6.07) is 8.14. The Labute approximate surface area is 166 Å². The van der Waals surface area contributed by atoms with Crippen molar-refractivity contribution >= 4 is 17.7 Å². The molecule has 0 aliphatic rings. The van der Waals surface area contributed by atoms with Gasteiger partial charge in [-0.15, -0.1) is 10.2 Å². The van der Waals surface area contributed by atoms with Crippen LogP contribution >= 0.6 is 11.8 Å². The van der Waals surface area contributed by atoms with Crippen LogP contribution < -0.4 is 15.4 Å². The Kier molecular flexibility index (Phi) is 8.44.